The Kier molecular flexibility index (Phi) is 6.74. The van der Waals surface area contributed by atoms with Crippen LogP contribution in [-0.2, 0) is 6.54 Å². The van der Waals surface area contributed by atoms with Gasteiger partial charge in [-0.05, 0) is 42.2 Å². The molecule has 0 radical (unpaired) electrons. The summed E-state index contributed by atoms with van der Waals surface area (Å²) in [5.74, 6) is 1.67. The van der Waals surface area contributed by atoms with E-state index in [1.807, 2.05) is 40.9 Å². The average molecular weight is 450 g/mol. The Hall–Kier alpha value is -2.16. The van der Waals surface area contributed by atoms with Crippen molar-refractivity contribution < 1.29 is 0 Å². The molecule has 1 atom stereocenters. The van der Waals surface area contributed by atoms with Gasteiger partial charge in [0, 0.05) is 11.9 Å². The third kappa shape index (κ3) is 4.68. The molecular formula is C18H23IN6. The minimum Gasteiger partial charge on any atom is -0.370 e. The number of pyridine rings is 1. The van der Waals surface area contributed by atoms with Crippen LogP contribution in [0.1, 0.15) is 37.6 Å². The first kappa shape index (κ1) is 19.2. The van der Waals surface area contributed by atoms with Gasteiger partial charge in [0.25, 0.3) is 0 Å². The molecule has 0 aliphatic carbocycles. The first-order valence-corrected chi connectivity index (χ1v) is 8.13. The van der Waals surface area contributed by atoms with Crippen molar-refractivity contribution in [2.24, 2.45) is 10.7 Å². The van der Waals surface area contributed by atoms with E-state index in [0.29, 0.717) is 18.4 Å². The van der Waals surface area contributed by atoms with Crippen molar-refractivity contribution in [3.63, 3.8) is 0 Å². The van der Waals surface area contributed by atoms with Gasteiger partial charge in [0.05, 0.1) is 0 Å². The maximum atomic E-state index is 5.97. The molecule has 6 nitrogen and oxygen atoms in total. The zero-order valence-corrected chi connectivity index (χ0v) is 16.7. The summed E-state index contributed by atoms with van der Waals surface area (Å²) < 4.78 is 1.90. The van der Waals surface area contributed by atoms with E-state index in [4.69, 9.17) is 5.73 Å². The van der Waals surface area contributed by atoms with Gasteiger partial charge in [-0.15, -0.1) is 34.2 Å². The number of halogens is 1. The molecule has 3 aromatic rings. The van der Waals surface area contributed by atoms with E-state index in [0.717, 1.165) is 23.6 Å². The van der Waals surface area contributed by atoms with Crippen LogP contribution in [0.5, 0.6) is 0 Å². The number of guanidine groups is 1. The number of aromatic nitrogens is 3. The Labute approximate surface area is 164 Å². The summed E-state index contributed by atoms with van der Waals surface area (Å²) in [6.07, 6.45) is 3.04. The van der Waals surface area contributed by atoms with E-state index in [2.05, 4.69) is 46.5 Å². The second kappa shape index (κ2) is 8.80. The lowest BCUT2D eigenvalue weighted by molar-refractivity contribution is 0.734. The number of hydrogen-bond donors (Lipinski definition) is 2. The number of benzene rings is 1. The molecule has 0 saturated heterocycles. The normalized spacial score (nSPS) is 12.6. The van der Waals surface area contributed by atoms with Crippen molar-refractivity contribution in [2.45, 2.75) is 32.7 Å². The van der Waals surface area contributed by atoms with Gasteiger partial charge in [0.15, 0.2) is 17.4 Å². The molecule has 2 aromatic heterocycles. The second-order valence-electron chi connectivity index (χ2n) is 5.80. The van der Waals surface area contributed by atoms with Crippen LogP contribution in [0.2, 0.25) is 0 Å². The second-order valence-corrected chi connectivity index (χ2v) is 5.80. The summed E-state index contributed by atoms with van der Waals surface area (Å²) in [7, 11) is 0. The standard InChI is InChI=1S/C18H22N6.HI/c1-3-13(2)14-7-9-15(10-8-14)21-18(19)20-12-17-23-22-16-6-4-5-11-24(16)17;/h4-11,13H,3,12H2,1-2H3,(H3,19,20,21);1H. The number of anilines is 1. The molecule has 25 heavy (non-hydrogen) atoms. The van der Waals surface area contributed by atoms with Crippen molar-refractivity contribution in [3.05, 3.63) is 60.0 Å². The topological polar surface area (TPSA) is 80.6 Å². The van der Waals surface area contributed by atoms with Gasteiger partial charge in [-0.3, -0.25) is 4.40 Å². The lowest BCUT2D eigenvalue weighted by Gasteiger charge is -2.10. The van der Waals surface area contributed by atoms with Crippen LogP contribution in [0.15, 0.2) is 53.7 Å². The molecule has 0 amide bonds. The Morgan fingerprint density at radius 3 is 2.68 bits per heavy atom. The molecule has 0 fully saturated rings. The van der Waals surface area contributed by atoms with E-state index >= 15 is 0 Å². The van der Waals surface area contributed by atoms with Gasteiger partial charge in [-0.25, -0.2) is 4.99 Å². The smallest absolute Gasteiger partial charge is 0.193 e. The van der Waals surface area contributed by atoms with E-state index in [9.17, 15) is 0 Å². The van der Waals surface area contributed by atoms with Crippen LogP contribution >= 0.6 is 24.0 Å². The molecule has 0 bridgehead atoms. The molecule has 3 rings (SSSR count). The summed E-state index contributed by atoms with van der Waals surface area (Å²) in [5.41, 5.74) is 9.03. The molecule has 0 spiro atoms. The van der Waals surface area contributed by atoms with Crippen LogP contribution in [0.25, 0.3) is 5.65 Å². The molecule has 0 aliphatic rings. The van der Waals surface area contributed by atoms with Crippen LogP contribution in [-0.4, -0.2) is 20.6 Å². The Balaban J connectivity index is 0.00000225. The summed E-state index contributed by atoms with van der Waals surface area (Å²) >= 11 is 0. The molecule has 0 saturated carbocycles. The van der Waals surface area contributed by atoms with Gasteiger partial charge in [0.2, 0.25) is 0 Å². The number of hydrogen-bond acceptors (Lipinski definition) is 3. The first-order valence-electron chi connectivity index (χ1n) is 8.13. The van der Waals surface area contributed by atoms with E-state index < -0.39 is 0 Å². The summed E-state index contributed by atoms with van der Waals surface area (Å²) in [6, 6.07) is 14.1. The summed E-state index contributed by atoms with van der Waals surface area (Å²) in [5, 5.41) is 11.3. The minimum absolute atomic E-state index is 0. The summed E-state index contributed by atoms with van der Waals surface area (Å²) in [4.78, 5) is 4.35. The van der Waals surface area contributed by atoms with Crippen LogP contribution in [0, 0.1) is 0 Å². The largest absolute Gasteiger partial charge is 0.370 e. The minimum atomic E-state index is 0. The third-order valence-electron chi connectivity index (χ3n) is 4.14. The van der Waals surface area contributed by atoms with E-state index in [1.54, 1.807) is 0 Å². The van der Waals surface area contributed by atoms with Gasteiger partial charge in [-0.1, -0.05) is 32.0 Å². The average Bonchev–Trinajstić information content (AvgIpc) is 3.03. The van der Waals surface area contributed by atoms with E-state index in [1.165, 1.54) is 5.56 Å². The third-order valence-corrected chi connectivity index (χ3v) is 4.14. The number of nitrogens with zero attached hydrogens (tertiary/aromatic N) is 4. The molecular weight excluding hydrogens is 427 g/mol. The highest BCUT2D eigenvalue weighted by Crippen LogP contribution is 2.20. The number of nitrogens with one attached hydrogen (secondary N) is 1. The van der Waals surface area contributed by atoms with E-state index in [-0.39, 0.29) is 24.0 Å². The number of rotatable bonds is 5. The number of aliphatic imine (C=N–C) groups is 1. The molecule has 3 N–H and O–H groups in total. The number of fused-ring (bicyclic) bond motifs is 1. The summed E-state index contributed by atoms with van der Waals surface area (Å²) in [6.45, 7) is 4.78. The van der Waals surface area contributed by atoms with Crippen LogP contribution < -0.4 is 11.1 Å². The van der Waals surface area contributed by atoms with Crippen molar-refractivity contribution in [2.75, 3.05) is 5.32 Å². The Bertz CT molecular complexity index is 840. The van der Waals surface area contributed by atoms with Gasteiger partial charge in [-0.2, -0.15) is 0 Å². The highest BCUT2D eigenvalue weighted by molar-refractivity contribution is 14.0. The predicted molar refractivity (Wildman–Crippen MR) is 112 cm³/mol. The SMILES string of the molecule is CCC(C)c1ccc(NC(N)=NCc2nnc3ccccn23)cc1.I. The van der Waals surface area contributed by atoms with Crippen molar-refractivity contribution in [3.8, 4) is 0 Å². The molecule has 2 heterocycles. The Morgan fingerprint density at radius 2 is 1.96 bits per heavy atom. The molecule has 132 valence electrons. The molecule has 0 aliphatic heterocycles. The fourth-order valence-corrected chi connectivity index (χ4v) is 2.47. The maximum absolute atomic E-state index is 5.97. The van der Waals surface area contributed by atoms with Crippen LogP contribution in [0.3, 0.4) is 0 Å². The van der Waals surface area contributed by atoms with Gasteiger partial charge < -0.3 is 11.1 Å². The van der Waals surface area contributed by atoms with Crippen molar-refractivity contribution >= 4 is 41.3 Å². The molecule has 1 unspecified atom stereocenters. The first-order chi connectivity index (χ1) is 11.7. The maximum Gasteiger partial charge on any atom is 0.193 e. The highest BCUT2D eigenvalue weighted by atomic mass is 127. The van der Waals surface area contributed by atoms with Gasteiger partial charge >= 0.3 is 0 Å². The lowest BCUT2D eigenvalue weighted by Crippen LogP contribution is -2.22. The fourth-order valence-electron chi connectivity index (χ4n) is 2.47. The van der Waals surface area contributed by atoms with Crippen molar-refractivity contribution in [1.82, 2.24) is 14.6 Å². The molecule has 7 heteroatoms. The fraction of sp³-hybridized carbons (Fsp3) is 0.278. The monoisotopic (exact) mass is 450 g/mol. The Morgan fingerprint density at radius 1 is 1.20 bits per heavy atom. The predicted octanol–water partition coefficient (Wildman–Crippen LogP) is 3.79. The number of nitrogens with two attached hydrogens (primary N) is 1. The zero-order chi connectivity index (χ0) is 16.9. The lowest BCUT2D eigenvalue weighted by atomic mass is 9.99. The van der Waals surface area contributed by atoms with Crippen molar-refractivity contribution in [1.29, 1.82) is 0 Å². The highest BCUT2D eigenvalue weighted by Gasteiger charge is 2.05. The quantitative estimate of drug-likeness (QED) is 0.352. The zero-order valence-electron chi connectivity index (χ0n) is 14.4. The van der Waals surface area contributed by atoms with Crippen LogP contribution in [0.4, 0.5) is 5.69 Å². The van der Waals surface area contributed by atoms with Gasteiger partial charge in [0.1, 0.15) is 6.54 Å². The molecule has 1 aromatic carbocycles.